The number of non-ortho nitro benzene ring substituents is 1. The molecule has 10 nitrogen and oxygen atoms in total. The number of nitro benzene ring substituents is 1. The first-order chi connectivity index (χ1) is 9.73. The predicted octanol–water partition coefficient (Wildman–Crippen LogP) is -0.915. The van der Waals surface area contributed by atoms with E-state index in [4.69, 9.17) is 15.3 Å². The summed E-state index contributed by atoms with van der Waals surface area (Å²) in [5.74, 6) is -4.79. The highest BCUT2D eigenvalue weighted by Crippen LogP contribution is 2.13. The standard InChI is InChI=1S/C11H9NO9/c13-7(9(15)16)8(14)11(18)21-10(17)5-1-3-6(4-2-5)12(19)20/h1-4,7-8,13-14H,(H,15,16)/t7-,8-/m1/s1. The van der Waals surface area contributed by atoms with Crippen molar-refractivity contribution in [3.8, 4) is 0 Å². The molecule has 0 spiro atoms. The van der Waals surface area contributed by atoms with Gasteiger partial charge in [-0.05, 0) is 12.1 Å². The lowest BCUT2D eigenvalue weighted by Crippen LogP contribution is -2.41. The minimum atomic E-state index is -2.44. The van der Waals surface area contributed by atoms with Crippen molar-refractivity contribution in [1.82, 2.24) is 0 Å². The summed E-state index contributed by atoms with van der Waals surface area (Å²) in [6, 6.07) is 3.99. The summed E-state index contributed by atoms with van der Waals surface area (Å²) >= 11 is 0. The van der Waals surface area contributed by atoms with Crippen molar-refractivity contribution in [1.29, 1.82) is 0 Å². The number of carboxylic acid groups (broad SMARTS) is 1. The molecule has 0 saturated heterocycles. The molecule has 21 heavy (non-hydrogen) atoms. The molecular weight excluding hydrogens is 290 g/mol. The number of esters is 2. The molecule has 0 aromatic heterocycles. The molecule has 0 aliphatic heterocycles. The smallest absolute Gasteiger partial charge is 0.346 e. The Morgan fingerprint density at radius 2 is 1.62 bits per heavy atom. The zero-order chi connectivity index (χ0) is 16.2. The van der Waals surface area contributed by atoms with Crippen LogP contribution in [-0.2, 0) is 14.3 Å². The Labute approximate surface area is 116 Å². The fourth-order valence-corrected chi connectivity index (χ4v) is 1.19. The van der Waals surface area contributed by atoms with Gasteiger partial charge >= 0.3 is 17.9 Å². The van der Waals surface area contributed by atoms with Gasteiger partial charge in [-0.25, -0.2) is 14.4 Å². The van der Waals surface area contributed by atoms with Crippen LogP contribution in [0, 0.1) is 10.1 Å². The number of aliphatic carboxylic acids is 1. The van der Waals surface area contributed by atoms with E-state index in [9.17, 15) is 24.5 Å². The van der Waals surface area contributed by atoms with Crippen LogP contribution in [0.4, 0.5) is 5.69 Å². The van der Waals surface area contributed by atoms with Gasteiger partial charge < -0.3 is 20.1 Å². The van der Waals surface area contributed by atoms with Gasteiger partial charge in [0.1, 0.15) is 0 Å². The topological polar surface area (TPSA) is 164 Å². The number of carbonyl (C=O) groups is 3. The van der Waals surface area contributed by atoms with E-state index in [1.165, 1.54) is 0 Å². The van der Waals surface area contributed by atoms with Crippen LogP contribution in [0.2, 0.25) is 0 Å². The largest absolute Gasteiger partial charge is 0.479 e. The first-order valence-corrected chi connectivity index (χ1v) is 5.33. The number of benzene rings is 1. The predicted molar refractivity (Wildman–Crippen MR) is 63.2 cm³/mol. The zero-order valence-corrected chi connectivity index (χ0v) is 10.2. The molecule has 0 heterocycles. The fourth-order valence-electron chi connectivity index (χ4n) is 1.19. The van der Waals surface area contributed by atoms with E-state index in [0.29, 0.717) is 0 Å². The van der Waals surface area contributed by atoms with Crippen LogP contribution in [0.1, 0.15) is 10.4 Å². The van der Waals surface area contributed by atoms with Crippen molar-refractivity contribution in [3.05, 3.63) is 39.9 Å². The SMILES string of the molecule is O=C(OC(=O)[C@H](O)[C@@H](O)C(=O)O)c1ccc([N+](=O)[O-])cc1. The van der Waals surface area contributed by atoms with Gasteiger partial charge in [0.05, 0.1) is 10.5 Å². The monoisotopic (exact) mass is 299 g/mol. The minimum Gasteiger partial charge on any atom is -0.479 e. The molecule has 1 aromatic rings. The molecule has 0 amide bonds. The molecule has 1 aromatic carbocycles. The normalized spacial score (nSPS) is 13.0. The number of carbonyl (C=O) groups excluding carboxylic acids is 2. The molecule has 0 radical (unpaired) electrons. The van der Waals surface area contributed by atoms with Crippen molar-refractivity contribution in [2.24, 2.45) is 0 Å². The van der Waals surface area contributed by atoms with Gasteiger partial charge in [0.25, 0.3) is 5.69 Å². The average Bonchev–Trinajstić information content (AvgIpc) is 2.45. The van der Waals surface area contributed by atoms with Crippen LogP contribution in [-0.4, -0.2) is 50.4 Å². The summed E-state index contributed by atoms with van der Waals surface area (Å²) < 4.78 is 4.15. The van der Waals surface area contributed by atoms with Gasteiger partial charge in [-0.2, -0.15) is 0 Å². The van der Waals surface area contributed by atoms with E-state index in [0.717, 1.165) is 24.3 Å². The average molecular weight is 299 g/mol. The molecule has 0 bridgehead atoms. The molecule has 2 atom stereocenters. The third kappa shape index (κ3) is 4.06. The van der Waals surface area contributed by atoms with Gasteiger partial charge in [-0.3, -0.25) is 10.1 Å². The second-order valence-electron chi connectivity index (χ2n) is 3.74. The number of ether oxygens (including phenoxy) is 1. The summed E-state index contributed by atoms with van der Waals surface area (Å²) in [5.41, 5.74) is -0.523. The summed E-state index contributed by atoms with van der Waals surface area (Å²) in [6.45, 7) is 0. The number of aliphatic hydroxyl groups excluding tert-OH is 2. The first kappa shape index (κ1) is 16.2. The van der Waals surface area contributed by atoms with E-state index >= 15 is 0 Å². The Bertz CT molecular complexity index is 580. The Hall–Kier alpha value is -2.85. The maximum Gasteiger partial charge on any atom is 0.346 e. The number of rotatable bonds is 5. The Kier molecular flexibility index (Phi) is 5.05. The summed E-state index contributed by atoms with van der Waals surface area (Å²) in [6.07, 6.45) is -4.88. The van der Waals surface area contributed by atoms with Crippen LogP contribution in [0.25, 0.3) is 0 Å². The van der Waals surface area contributed by atoms with Gasteiger partial charge in [0.2, 0.25) is 0 Å². The number of carboxylic acids is 1. The molecule has 0 saturated carbocycles. The molecule has 0 aliphatic carbocycles. The Morgan fingerprint density at radius 3 is 2.05 bits per heavy atom. The second kappa shape index (κ2) is 6.54. The lowest BCUT2D eigenvalue weighted by Gasteiger charge is -2.11. The van der Waals surface area contributed by atoms with E-state index < -0.39 is 35.0 Å². The number of nitrogens with zero attached hydrogens (tertiary/aromatic N) is 1. The molecular formula is C11H9NO9. The van der Waals surface area contributed by atoms with Crippen LogP contribution in [0.15, 0.2) is 24.3 Å². The number of nitro groups is 1. The summed E-state index contributed by atoms with van der Waals surface area (Å²) in [7, 11) is 0. The number of hydrogen-bond acceptors (Lipinski definition) is 8. The Balaban J connectivity index is 2.74. The maximum absolute atomic E-state index is 11.5. The Morgan fingerprint density at radius 1 is 1.10 bits per heavy atom. The fraction of sp³-hybridized carbons (Fsp3) is 0.182. The molecule has 3 N–H and O–H groups in total. The molecule has 0 fully saturated rings. The summed E-state index contributed by atoms with van der Waals surface area (Å²) in [5, 5.41) is 36.8. The quantitative estimate of drug-likeness (QED) is 0.270. The van der Waals surface area contributed by atoms with Gasteiger partial charge in [0, 0.05) is 12.1 Å². The van der Waals surface area contributed by atoms with Crippen molar-refractivity contribution >= 4 is 23.6 Å². The van der Waals surface area contributed by atoms with Crippen molar-refractivity contribution in [2.45, 2.75) is 12.2 Å². The van der Waals surface area contributed by atoms with Crippen molar-refractivity contribution < 1.29 is 39.4 Å². The molecule has 0 unspecified atom stereocenters. The van der Waals surface area contributed by atoms with Gasteiger partial charge in [-0.1, -0.05) is 0 Å². The van der Waals surface area contributed by atoms with Crippen LogP contribution >= 0.6 is 0 Å². The summed E-state index contributed by atoms with van der Waals surface area (Å²) in [4.78, 5) is 42.7. The van der Waals surface area contributed by atoms with Crippen LogP contribution in [0.5, 0.6) is 0 Å². The van der Waals surface area contributed by atoms with Crippen LogP contribution < -0.4 is 0 Å². The minimum absolute atomic E-state index is 0.231. The van der Waals surface area contributed by atoms with E-state index in [-0.39, 0.29) is 11.3 Å². The molecule has 1 rings (SSSR count). The molecule has 0 aliphatic rings. The molecule has 10 heteroatoms. The van der Waals surface area contributed by atoms with Gasteiger partial charge in [0.15, 0.2) is 12.2 Å². The maximum atomic E-state index is 11.5. The van der Waals surface area contributed by atoms with E-state index in [2.05, 4.69) is 4.74 Å². The highest BCUT2D eigenvalue weighted by Gasteiger charge is 2.33. The van der Waals surface area contributed by atoms with E-state index in [1.807, 2.05) is 0 Å². The van der Waals surface area contributed by atoms with Gasteiger partial charge in [-0.15, -0.1) is 0 Å². The molecule has 112 valence electrons. The second-order valence-corrected chi connectivity index (χ2v) is 3.74. The third-order valence-electron chi connectivity index (χ3n) is 2.30. The highest BCUT2D eigenvalue weighted by molar-refractivity contribution is 5.99. The van der Waals surface area contributed by atoms with Crippen molar-refractivity contribution in [3.63, 3.8) is 0 Å². The lowest BCUT2D eigenvalue weighted by molar-refractivity contribution is -0.384. The highest BCUT2D eigenvalue weighted by atomic mass is 16.6. The zero-order valence-electron chi connectivity index (χ0n) is 10.2. The lowest BCUT2D eigenvalue weighted by atomic mass is 10.2. The van der Waals surface area contributed by atoms with E-state index in [1.54, 1.807) is 0 Å². The number of hydrogen-bond donors (Lipinski definition) is 3. The number of aliphatic hydroxyl groups is 2. The first-order valence-electron chi connectivity index (χ1n) is 5.33. The van der Waals surface area contributed by atoms with Crippen molar-refractivity contribution in [2.75, 3.05) is 0 Å². The van der Waals surface area contributed by atoms with Crippen LogP contribution in [0.3, 0.4) is 0 Å². The third-order valence-corrected chi connectivity index (χ3v) is 2.30.